The predicted molar refractivity (Wildman–Crippen MR) is 81.5 cm³/mol. The average Bonchev–Trinajstić information content (AvgIpc) is 2.41. The highest BCUT2D eigenvalue weighted by atomic mass is 79.9. The second kappa shape index (κ2) is 6.43. The summed E-state index contributed by atoms with van der Waals surface area (Å²) >= 11 is 3.42. The molecule has 0 saturated heterocycles. The van der Waals surface area contributed by atoms with Crippen LogP contribution in [0.3, 0.4) is 0 Å². The van der Waals surface area contributed by atoms with Crippen LogP contribution in [0.25, 0.3) is 0 Å². The number of aromatic nitrogens is 1. The van der Waals surface area contributed by atoms with Crippen molar-refractivity contribution in [2.75, 3.05) is 24.2 Å². The second-order valence-corrected chi connectivity index (χ2v) is 4.96. The monoisotopic (exact) mass is 321 g/mol. The number of nitrogens with two attached hydrogens (primary N) is 1. The molecule has 0 bridgehead atoms. The minimum atomic E-state index is 0.570. The highest BCUT2D eigenvalue weighted by Crippen LogP contribution is 2.16. The molecule has 0 unspecified atom stereocenters. The van der Waals surface area contributed by atoms with E-state index in [1.54, 1.807) is 0 Å². The molecular formula is C14H16BrN3O. The number of nitrogens with zero attached hydrogens (tertiary/aromatic N) is 1. The molecule has 2 aromatic rings. The lowest BCUT2D eigenvalue weighted by Gasteiger charge is -2.09. The molecule has 100 valence electrons. The highest BCUT2D eigenvalue weighted by molar-refractivity contribution is 9.10. The first-order valence-electron chi connectivity index (χ1n) is 6.00. The van der Waals surface area contributed by atoms with Crippen LogP contribution in [0.2, 0.25) is 0 Å². The van der Waals surface area contributed by atoms with Gasteiger partial charge in [-0.25, -0.2) is 4.98 Å². The van der Waals surface area contributed by atoms with Gasteiger partial charge in [0.25, 0.3) is 0 Å². The van der Waals surface area contributed by atoms with Gasteiger partial charge in [0, 0.05) is 10.2 Å². The van der Waals surface area contributed by atoms with Gasteiger partial charge in [-0.3, -0.25) is 0 Å². The van der Waals surface area contributed by atoms with Crippen molar-refractivity contribution in [2.24, 2.45) is 0 Å². The number of ether oxygens (including phenoxy) is 1. The largest absolute Gasteiger partial charge is 0.492 e. The van der Waals surface area contributed by atoms with Gasteiger partial charge in [0.1, 0.15) is 18.2 Å². The van der Waals surface area contributed by atoms with E-state index in [9.17, 15) is 0 Å². The summed E-state index contributed by atoms with van der Waals surface area (Å²) in [5, 5.41) is 3.21. The quantitative estimate of drug-likeness (QED) is 0.655. The van der Waals surface area contributed by atoms with E-state index >= 15 is 0 Å². The first-order chi connectivity index (χ1) is 9.15. The van der Waals surface area contributed by atoms with Gasteiger partial charge in [0.05, 0.1) is 12.2 Å². The summed E-state index contributed by atoms with van der Waals surface area (Å²) in [6.07, 6.45) is 0. The molecule has 0 aliphatic carbocycles. The van der Waals surface area contributed by atoms with Crippen LogP contribution in [0.4, 0.5) is 11.5 Å². The molecule has 0 aliphatic rings. The van der Waals surface area contributed by atoms with Gasteiger partial charge in [-0.2, -0.15) is 0 Å². The van der Waals surface area contributed by atoms with E-state index in [1.165, 1.54) is 0 Å². The third-order valence-corrected chi connectivity index (χ3v) is 3.42. The maximum absolute atomic E-state index is 5.60. The van der Waals surface area contributed by atoms with E-state index in [-0.39, 0.29) is 0 Å². The van der Waals surface area contributed by atoms with Crippen molar-refractivity contribution >= 4 is 27.4 Å². The fourth-order valence-electron chi connectivity index (χ4n) is 1.55. The van der Waals surface area contributed by atoms with Crippen molar-refractivity contribution in [1.29, 1.82) is 0 Å². The zero-order valence-corrected chi connectivity index (χ0v) is 12.3. The van der Waals surface area contributed by atoms with E-state index < -0.39 is 0 Å². The zero-order chi connectivity index (χ0) is 13.7. The van der Waals surface area contributed by atoms with Gasteiger partial charge in [-0.15, -0.1) is 0 Å². The Morgan fingerprint density at radius 3 is 2.63 bits per heavy atom. The summed E-state index contributed by atoms with van der Waals surface area (Å²) in [5.74, 6) is 1.66. The number of pyridine rings is 1. The maximum atomic E-state index is 5.60. The summed E-state index contributed by atoms with van der Waals surface area (Å²) in [6.45, 7) is 3.22. The van der Waals surface area contributed by atoms with Crippen molar-refractivity contribution in [3.63, 3.8) is 0 Å². The van der Waals surface area contributed by atoms with E-state index in [0.717, 1.165) is 27.4 Å². The standard InChI is InChI=1S/C14H16BrN3O/c1-10-13(15)6-7-14(18-10)17-8-9-19-12-4-2-11(16)3-5-12/h2-7H,8-9,16H2,1H3,(H,17,18). The highest BCUT2D eigenvalue weighted by Gasteiger charge is 1.98. The molecular weight excluding hydrogens is 306 g/mol. The first kappa shape index (κ1) is 13.7. The van der Waals surface area contributed by atoms with Gasteiger partial charge in [-0.05, 0) is 59.3 Å². The number of aryl methyl sites for hydroxylation is 1. The number of halogens is 1. The van der Waals surface area contributed by atoms with Crippen molar-refractivity contribution in [3.8, 4) is 5.75 Å². The lowest BCUT2D eigenvalue weighted by Crippen LogP contribution is -2.12. The number of hydrogen-bond acceptors (Lipinski definition) is 4. The van der Waals surface area contributed by atoms with Crippen molar-refractivity contribution in [1.82, 2.24) is 4.98 Å². The molecule has 5 heteroatoms. The molecule has 4 nitrogen and oxygen atoms in total. The third-order valence-electron chi connectivity index (χ3n) is 2.58. The number of rotatable bonds is 5. The second-order valence-electron chi connectivity index (χ2n) is 4.11. The summed E-state index contributed by atoms with van der Waals surface area (Å²) in [6, 6.07) is 11.3. The molecule has 1 heterocycles. The number of hydrogen-bond donors (Lipinski definition) is 2. The first-order valence-corrected chi connectivity index (χ1v) is 6.80. The molecule has 2 rings (SSSR count). The molecule has 0 radical (unpaired) electrons. The lowest BCUT2D eigenvalue weighted by atomic mass is 10.3. The fourth-order valence-corrected chi connectivity index (χ4v) is 1.78. The van der Waals surface area contributed by atoms with Gasteiger partial charge in [0.2, 0.25) is 0 Å². The smallest absolute Gasteiger partial charge is 0.126 e. The molecule has 0 aliphatic heterocycles. The van der Waals surface area contributed by atoms with E-state index in [0.29, 0.717) is 13.2 Å². The van der Waals surface area contributed by atoms with Crippen LogP contribution < -0.4 is 15.8 Å². The van der Waals surface area contributed by atoms with Gasteiger partial charge >= 0.3 is 0 Å². The lowest BCUT2D eigenvalue weighted by molar-refractivity contribution is 0.333. The normalized spacial score (nSPS) is 10.2. The molecule has 0 fully saturated rings. The third kappa shape index (κ3) is 4.13. The van der Waals surface area contributed by atoms with Gasteiger partial charge in [-0.1, -0.05) is 0 Å². The van der Waals surface area contributed by atoms with Crippen molar-refractivity contribution in [3.05, 3.63) is 46.6 Å². The molecule has 0 saturated carbocycles. The maximum Gasteiger partial charge on any atom is 0.126 e. The predicted octanol–water partition coefficient (Wildman–Crippen LogP) is 3.23. The van der Waals surface area contributed by atoms with Crippen LogP contribution in [0.1, 0.15) is 5.69 Å². The molecule has 1 aromatic carbocycles. The minimum Gasteiger partial charge on any atom is -0.492 e. The Balaban J connectivity index is 1.77. The van der Waals surface area contributed by atoms with Crippen LogP contribution >= 0.6 is 15.9 Å². The summed E-state index contributed by atoms with van der Waals surface area (Å²) in [4.78, 5) is 4.40. The Morgan fingerprint density at radius 2 is 1.95 bits per heavy atom. The van der Waals surface area contributed by atoms with E-state index in [1.807, 2.05) is 43.3 Å². The van der Waals surface area contributed by atoms with Crippen LogP contribution in [-0.4, -0.2) is 18.1 Å². The zero-order valence-electron chi connectivity index (χ0n) is 10.7. The Kier molecular flexibility index (Phi) is 4.63. The van der Waals surface area contributed by atoms with Crippen molar-refractivity contribution in [2.45, 2.75) is 6.92 Å². The van der Waals surface area contributed by atoms with E-state index in [4.69, 9.17) is 10.5 Å². The van der Waals surface area contributed by atoms with Crippen LogP contribution in [0.15, 0.2) is 40.9 Å². The molecule has 19 heavy (non-hydrogen) atoms. The number of nitrogens with one attached hydrogen (secondary N) is 1. The minimum absolute atomic E-state index is 0.570. The van der Waals surface area contributed by atoms with Crippen LogP contribution in [0.5, 0.6) is 5.75 Å². The number of benzene rings is 1. The average molecular weight is 322 g/mol. The molecule has 0 amide bonds. The Morgan fingerprint density at radius 1 is 1.21 bits per heavy atom. The van der Waals surface area contributed by atoms with E-state index in [2.05, 4.69) is 26.2 Å². The number of nitrogen functional groups attached to an aromatic ring is 1. The van der Waals surface area contributed by atoms with Gasteiger partial charge in [0.15, 0.2) is 0 Å². The summed E-state index contributed by atoms with van der Waals surface area (Å²) in [5.41, 5.74) is 7.30. The molecule has 1 aromatic heterocycles. The Hall–Kier alpha value is -1.75. The topological polar surface area (TPSA) is 60.2 Å². The number of anilines is 2. The van der Waals surface area contributed by atoms with Gasteiger partial charge < -0.3 is 15.8 Å². The molecule has 0 spiro atoms. The fraction of sp³-hybridized carbons (Fsp3) is 0.214. The molecule has 3 N–H and O–H groups in total. The Labute approximate surface area is 121 Å². The van der Waals surface area contributed by atoms with Crippen molar-refractivity contribution < 1.29 is 4.74 Å². The summed E-state index contributed by atoms with van der Waals surface area (Å²) < 4.78 is 6.59. The SMILES string of the molecule is Cc1nc(NCCOc2ccc(N)cc2)ccc1Br. The summed E-state index contributed by atoms with van der Waals surface area (Å²) in [7, 11) is 0. The van der Waals surface area contributed by atoms with Crippen LogP contribution in [-0.2, 0) is 0 Å². The van der Waals surface area contributed by atoms with Crippen LogP contribution in [0, 0.1) is 6.92 Å². The molecule has 0 atom stereocenters. The Bertz CT molecular complexity index is 543.